The number of hydrogen-bond donors (Lipinski definition) is 0. The van der Waals surface area contributed by atoms with Crippen molar-refractivity contribution in [2.75, 3.05) is 33.4 Å². The number of hydrogen-bond acceptors (Lipinski definition) is 7. The van der Waals surface area contributed by atoms with Gasteiger partial charge in [-0.25, -0.2) is 12.8 Å². The van der Waals surface area contributed by atoms with Gasteiger partial charge in [0.15, 0.2) is 23.1 Å². The van der Waals surface area contributed by atoms with Gasteiger partial charge in [-0.15, -0.1) is 0 Å². The van der Waals surface area contributed by atoms with E-state index in [0.717, 1.165) is 6.42 Å². The average molecular weight is 480 g/mol. The number of benzene rings is 2. The highest BCUT2D eigenvalue weighted by molar-refractivity contribution is 7.89. The number of sulfonamides is 1. The number of esters is 1. The van der Waals surface area contributed by atoms with Gasteiger partial charge in [-0.1, -0.05) is 6.07 Å². The molecule has 1 fully saturated rings. The van der Waals surface area contributed by atoms with Gasteiger partial charge in [0.05, 0.1) is 31.1 Å². The summed E-state index contributed by atoms with van der Waals surface area (Å²) in [7, 11) is -2.36. The van der Waals surface area contributed by atoms with Crippen LogP contribution in [0.1, 0.15) is 24.8 Å². The minimum absolute atomic E-state index is 0.0601. The lowest BCUT2D eigenvalue weighted by atomic mass is 9.98. The molecule has 0 aromatic heterocycles. The van der Waals surface area contributed by atoms with Gasteiger partial charge in [0.1, 0.15) is 6.61 Å². The molecule has 2 aliphatic heterocycles. The van der Waals surface area contributed by atoms with E-state index in [0.29, 0.717) is 43.1 Å². The highest BCUT2D eigenvalue weighted by Gasteiger charge is 2.33. The standard InChI is InChI=1S/C23H26FNO7S/c1-29-20-5-3-16(13-19(20)24)15-32-23(26)17-7-9-25(10-8-17)33(27,28)18-4-6-21-22(14-18)31-12-2-11-30-21/h3-6,13-14,17H,2,7-12,15H2,1H3. The molecule has 33 heavy (non-hydrogen) atoms. The molecule has 8 nitrogen and oxygen atoms in total. The number of methoxy groups -OCH3 is 1. The number of nitrogens with zero attached hydrogens (tertiary/aromatic N) is 1. The summed E-state index contributed by atoms with van der Waals surface area (Å²) in [4.78, 5) is 12.6. The van der Waals surface area contributed by atoms with Gasteiger partial charge in [-0.05, 0) is 42.7 Å². The van der Waals surface area contributed by atoms with Crippen LogP contribution in [-0.4, -0.2) is 52.1 Å². The van der Waals surface area contributed by atoms with Crippen molar-refractivity contribution in [3.05, 3.63) is 47.8 Å². The molecule has 10 heteroatoms. The van der Waals surface area contributed by atoms with Crippen molar-refractivity contribution >= 4 is 16.0 Å². The van der Waals surface area contributed by atoms with Gasteiger partial charge in [-0.3, -0.25) is 4.79 Å². The Kier molecular flexibility index (Phi) is 7.04. The second-order valence-electron chi connectivity index (χ2n) is 7.91. The molecule has 1 saturated heterocycles. The van der Waals surface area contributed by atoms with Crippen molar-refractivity contribution in [2.24, 2.45) is 5.92 Å². The number of fused-ring (bicyclic) bond motifs is 1. The van der Waals surface area contributed by atoms with Crippen LogP contribution < -0.4 is 14.2 Å². The Balaban J connectivity index is 1.33. The Morgan fingerprint density at radius 1 is 1.09 bits per heavy atom. The zero-order valence-electron chi connectivity index (χ0n) is 18.3. The number of rotatable bonds is 6. The molecular formula is C23H26FNO7S. The van der Waals surface area contributed by atoms with E-state index < -0.39 is 27.7 Å². The molecule has 0 aliphatic carbocycles. The molecule has 2 aromatic carbocycles. The first-order valence-corrected chi connectivity index (χ1v) is 12.2. The molecule has 0 N–H and O–H groups in total. The Morgan fingerprint density at radius 2 is 1.82 bits per heavy atom. The zero-order valence-corrected chi connectivity index (χ0v) is 19.1. The normalized spacial score (nSPS) is 17.3. The van der Waals surface area contributed by atoms with Gasteiger partial charge in [0.2, 0.25) is 10.0 Å². The summed E-state index contributed by atoms with van der Waals surface area (Å²) >= 11 is 0. The summed E-state index contributed by atoms with van der Waals surface area (Å²) in [6.07, 6.45) is 1.42. The number of carbonyl (C=O) groups is 1. The molecule has 2 aliphatic rings. The van der Waals surface area contributed by atoms with Crippen molar-refractivity contribution in [2.45, 2.75) is 30.8 Å². The van der Waals surface area contributed by atoms with E-state index in [4.69, 9.17) is 18.9 Å². The molecule has 0 atom stereocenters. The molecule has 0 bridgehead atoms. The van der Waals surface area contributed by atoms with Crippen molar-refractivity contribution in [1.82, 2.24) is 4.31 Å². The Labute approximate surface area is 192 Å². The summed E-state index contributed by atoms with van der Waals surface area (Å²) in [6, 6.07) is 8.97. The number of piperidine rings is 1. The Bertz CT molecular complexity index is 1110. The van der Waals surface area contributed by atoms with Crippen LogP contribution in [0.4, 0.5) is 4.39 Å². The van der Waals surface area contributed by atoms with Gasteiger partial charge >= 0.3 is 5.97 Å². The van der Waals surface area contributed by atoms with Crippen molar-refractivity contribution in [3.63, 3.8) is 0 Å². The van der Waals surface area contributed by atoms with E-state index in [1.807, 2.05) is 0 Å². The minimum atomic E-state index is -3.73. The van der Waals surface area contributed by atoms with Crippen LogP contribution in [0.2, 0.25) is 0 Å². The summed E-state index contributed by atoms with van der Waals surface area (Å²) in [5, 5.41) is 0. The van der Waals surface area contributed by atoms with E-state index in [1.54, 1.807) is 12.1 Å². The first-order valence-electron chi connectivity index (χ1n) is 10.8. The number of ether oxygens (including phenoxy) is 4. The molecule has 0 unspecified atom stereocenters. The highest BCUT2D eigenvalue weighted by atomic mass is 32.2. The maximum Gasteiger partial charge on any atom is 0.309 e. The van der Waals surface area contributed by atoms with Crippen LogP contribution in [0, 0.1) is 11.7 Å². The van der Waals surface area contributed by atoms with Crippen LogP contribution in [0.5, 0.6) is 17.2 Å². The maximum absolute atomic E-state index is 13.8. The van der Waals surface area contributed by atoms with Crippen molar-refractivity contribution < 1.29 is 36.6 Å². The fourth-order valence-electron chi connectivity index (χ4n) is 3.86. The third kappa shape index (κ3) is 5.22. The fourth-order valence-corrected chi connectivity index (χ4v) is 5.34. The summed E-state index contributed by atoms with van der Waals surface area (Å²) in [5.41, 5.74) is 0.510. The Hall–Kier alpha value is -2.85. The van der Waals surface area contributed by atoms with E-state index in [-0.39, 0.29) is 30.3 Å². The SMILES string of the molecule is COc1ccc(COC(=O)C2CCN(S(=O)(=O)c3ccc4c(c3)OCCCO4)CC2)cc1F. The lowest BCUT2D eigenvalue weighted by Crippen LogP contribution is -2.40. The lowest BCUT2D eigenvalue weighted by molar-refractivity contribution is -0.151. The molecule has 0 radical (unpaired) electrons. The van der Waals surface area contributed by atoms with Crippen LogP contribution in [-0.2, 0) is 26.2 Å². The van der Waals surface area contributed by atoms with Crippen LogP contribution in [0.3, 0.4) is 0 Å². The van der Waals surface area contributed by atoms with Crippen LogP contribution in [0.15, 0.2) is 41.3 Å². The quantitative estimate of drug-likeness (QED) is 0.588. The molecule has 2 heterocycles. The second-order valence-corrected chi connectivity index (χ2v) is 9.85. The molecule has 4 rings (SSSR count). The second kappa shape index (κ2) is 9.96. The first kappa shape index (κ1) is 23.3. The van der Waals surface area contributed by atoms with E-state index in [9.17, 15) is 17.6 Å². The van der Waals surface area contributed by atoms with Crippen molar-refractivity contribution in [3.8, 4) is 17.2 Å². The molecule has 0 spiro atoms. The summed E-state index contributed by atoms with van der Waals surface area (Å²) < 4.78 is 62.7. The van der Waals surface area contributed by atoms with Gasteiger partial charge in [-0.2, -0.15) is 4.31 Å². The van der Waals surface area contributed by atoms with Crippen molar-refractivity contribution in [1.29, 1.82) is 0 Å². The summed E-state index contributed by atoms with van der Waals surface area (Å²) in [6.45, 7) is 1.33. The van der Waals surface area contributed by atoms with E-state index in [1.165, 1.54) is 35.7 Å². The van der Waals surface area contributed by atoms with Crippen LogP contribution >= 0.6 is 0 Å². The van der Waals surface area contributed by atoms with E-state index >= 15 is 0 Å². The minimum Gasteiger partial charge on any atom is -0.494 e. The maximum atomic E-state index is 13.8. The van der Waals surface area contributed by atoms with Crippen LogP contribution in [0.25, 0.3) is 0 Å². The zero-order chi connectivity index (χ0) is 23.4. The largest absolute Gasteiger partial charge is 0.494 e. The average Bonchev–Trinajstić information content (AvgIpc) is 3.07. The van der Waals surface area contributed by atoms with E-state index in [2.05, 4.69) is 0 Å². The summed E-state index contributed by atoms with van der Waals surface area (Å²) in [5.74, 6) is -0.291. The predicted octanol–water partition coefficient (Wildman–Crippen LogP) is 3.14. The Morgan fingerprint density at radius 3 is 2.52 bits per heavy atom. The van der Waals surface area contributed by atoms with Gasteiger partial charge in [0, 0.05) is 25.6 Å². The third-order valence-corrected chi connectivity index (χ3v) is 7.64. The molecule has 178 valence electrons. The topological polar surface area (TPSA) is 91.4 Å². The number of carbonyl (C=O) groups excluding carboxylic acids is 1. The van der Waals surface area contributed by atoms with Gasteiger partial charge in [0.25, 0.3) is 0 Å². The highest BCUT2D eigenvalue weighted by Crippen LogP contribution is 2.34. The third-order valence-electron chi connectivity index (χ3n) is 5.74. The molecule has 0 saturated carbocycles. The molecule has 2 aromatic rings. The predicted molar refractivity (Wildman–Crippen MR) is 116 cm³/mol. The number of halogens is 1. The lowest BCUT2D eigenvalue weighted by Gasteiger charge is -2.30. The molecule has 0 amide bonds. The fraction of sp³-hybridized carbons (Fsp3) is 0.435. The first-order chi connectivity index (χ1) is 15.9. The molecular weight excluding hydrogens is 453 g/mol. The monoisotopic (exact) mass is 479 g/mol. The van der Waals surface area contributed by atoms with Gasteiger partial charge < -0.3 is 18.9 Å². The smallest absolute Gasteiger partial charge is 0.309 e.